The summed E-state index contributed by atoms with van der Waals surface area (Å²) in [7, 11) is 0. The summed E-state index contributed by atoms with van der Waals surface area (Å²) in [6.45, 7) is -8.17. The van der Waals surface area contributed by atoms with Gasteiger partial charge in [-0.3, -0.25) is 0 Å². The third-order valence-electron chi connectivity index (χ3n) is 7.23. The van der Waals surface area contributed by atoms with Gasteiger partial charge in [0.25, 0.3) is 0 Å². The smallest absolute Gasteiger partial charge is 0.455 e. The second-order valence-electron chi connectivity index (χ2n) is 11.3. The van der Waals surface area contributed by atoms with Crippen LogP contribution in [0.25, 0.3) is 0 Å². The molecule has 1 aromatic carbocycles. The van der Waals surface area contributed by atoms with Crippen molar-refractivity contribution in [3.05, 3.63) is 31.2 Å². The highest BCUT2D eigenvalue weighted by atomic mass is 35.5. The molecule has 0 saturated carbocycles. The number of esters is 2. The van der Waals surface area contributed by atoms with E-state index >= 15 is 0 Å². The number of ether oxygens (including phenoxy) is 2. The average Bonchev–Trinajstić information content (AvgIpc) is 3.08. The van der Waals surface area contributed by atoms with E-state index in [1.165, 1.54) is 0 Å². The molecule has 0 unspecified atom stereocenters. The maximum atomic E-state index is 14.2. The number of hydrogen-bond acceptors (Lipinski definition) is 4. The summed E-state index contributed by atoms with van der Waals surface area (Å²) < 4.78 is 409. The number of rotatable bonds is 16. The van der Waals surface area contributed by atoms with Crippen molar-refractivity contribution in [2.75, 3.05) is 13.2 Å². The topological polar surface area (TPSA) is 52.6 Å². The highest BCUT2D eigenvalue weighted by molar-refractivity contribution is 6.54. The van der Waals surface area contributed by atoms with E-state index in [2.05, 4.69) is 9.47 Å². The first-order chi connectivity index (χ1) is 26.7. The molecule has 0 aliphatic carbocycles. The van der Waals surface area contributed by atoms with Crippen LogP contribution in [-0.2, 0) is 9.47 Å². The lowest BCUT2D eigenvalue weighted by atomic mass is 9.91. The molecule has 0 fully saturated rings. The van der Waals surface area contributed by atoms with Gasteiger partial charge in [-0.05, 0) is 0 Å². The molecular formula is C24H4Cl4F30O4. The number of benzene rings is 1. The second kappa shape index (κ2) is 16.0. The van der Waals surface area contributed by atoms with Crippen LogP contribution in [0.4, 0.5) is 132 Å². The van der Waals surface area contributed by atoms with E-state index in [1.807, 2.05) is 0 Å². The maximum Gasteiger partial charge on any atom is 0.460 e. The Kier molecular flexibility index (Phi) is 14.8. The van der Waals surface area contributed by atoms with Gasteiger partial charge in [-0.25, -0.2) is 9.59 Å². The Morgan fingerprint density at radius 2 is 0.484 bits per heavy atom. The number of hydrogen-bond donors (Lipinski definition) is 0. The third-order valence-corrected chi connectivity index (χ3v) is 9.03. The van der Waals surface area contributed by atoms with Gasteiger partial charge in [0, 0.05) is 0 Å². The summed E-state index contributed by atoms with van der Waals surface area (Å²) in [6.07, 6.45) is -16.0. The summed E-state index contributed by atoms with van der Waals surface area (Å²) in [5.74, 6) is -108. The quantitative estimate of drug-likeness (QED) is 0.0716. The van der Waals surface area contributed by atoms with Crippen molar-refractivity contribution in [3.8, 4) is 0 Å². The Balaban J connectivity index is 3.74. The van der Waals surface area contributed by atoms with Crippen LogP contribution in [0.15, 0.2) is 0 Å². The summed E-state index contributed by atoms with van der Waals surface area (Å²) in [5, 5.41) is -7.22. The van der Waals surface area contributed by atoms with Crippen molar-refractivity contribution >= 4 is 58.3 Å². The van der Waals surface area contributed by atoms with Crippen LogP contribution in [0.5, 0.6) is 0 Å². The minimum Gasteiger partial charge on any atom is -0.455 e. The van der Waals surface area contributed by atoms with Gasteiger partial charge in [0.15, 0.2) is 13.2 Å². The van der Waals surface area contributed by atoms with Gasteiger partial charge in [-0.2, -0.15) is 132 Å². The van der Waals surface area contributed by atoms with Crippen molar-refractivity contribution < 1.29 is 151 Å². The Bertz CT molecular complexity index is 1750. The van der Waals surface area contributed by atoms with Gasteiger partial charge in [-0.15, -0.1) is 0 Å². The Labute approximate surface area is 337 Å². The van der Waals surface area contributed by atoms with Gasteiger partial charge in [0.2, 0.25) is 0 Å². The molecule has 1 rings (SSSR count). The summed E-state index contributed by atoms with van der Waals surface area (Å²) in [6, 6.07) is 0. The van der Waals surface area contributed by atoms with Crippen LogP contribution in [0.3, 0.4) is 0 Å². The Hall–Kier alpha value is -2.78. The summed E-state index contributed by atoms with van der Waals surface area (Å²) >= 11 is 21.4. The lowest BCUT2D eigenvalue weighted by molar-refractivity contribution is -0.453. The molecule has 0 heterocycles. The summed E-state index contributed by atoms with van der Waals surface area (Å²) in [4.78, 5) is 25.0. The number of carbonyl (C=O) groups excluding carboxylic acids is 2. The maximum absolute atomic E-state index is 14.2. The molecule has 62 heavy (non-hydrogen) atoms. The predicted octanol–water partition coefficient (Wildman–Crippen LogP) is 13.4. The van der Waals surface area contributed by atoms with Crippen LogP contribution in [0.2, 0.25) is 20.1 Å². The van der Waals surface area contributed by atoms with E-state index in [1.54, 1.807) is 0 Å². The van der Waals surface area contributed by atoms with E-state index < -0.39 is 140 Å². The first kappa shape index (κ1) is 57.2. The number of alkyl halides is 30. The van der Waals surface area contributed by atoms with E-state index in [4.69, 9.17) is 46.4 Å². The SMILES string of the molecule is O=C(OCC(F)(F)C(F)(F)C(F)(F)C(F)(F)C(F)(F)C(F)(F)C(F)(F)F)c1c(Cl)c(Cl)c(Cl)c(Cl)c1C(=O)OCC(F)(F)C(F)(F)C(F)(F)C(F)(F)C(F)(F)C(F)(F)C(F)(F)F. The third kappa shape index (κ3) is 8.12. The van der Waals surface area contributed by atoms with Crippen molar-refractivity contribution in [1.82, 2.24) is 0 Å². The Morgan fingerprint density at radius 1 is 0.306 bits per heavy atom. The Morgan fingerprint density at radius 3 is 0.677 bits per heavy atom. The fourth-order valence-corrected chi connectivity index (χ4v) is 4.66. The lowest BCUT2D eigenvalue weighted by Gasteiger charge is -2.41. The molecule has 0 spiro atoms. The monoisotopic (exact) mass is 1070 g/mol. The van der Waals surface area contributed by atoms with Crippen molar-refractivity contribution in [3.63, 3.8) is 0 Å². The second-order valence-corrected chi connectivity index (χ2v) is 12.8. The van der Waals surface area contributed by atoms with Gasteiger partial charge in [-0.1, -0.05) is 46.4 Å². The minimum atomic E-state index is -8.89. The molecule has 0 radical (unpaired) electrons. The minimum absolute atomic E-state index is 1.60. The molecule has 0 aliphatic heterocycles. The first-order valence-electron chi connectivity index (χ1n) is 13.5. The first-order valence-corrected chi connectivity index (χ1v) is 15.0. The standard InChI is InChI=1S/C24H4Cl4F30O4/c25-5-3(9(59)61-1-11(29,30)13(33,34)15(37,38)17(41,42)19(45,46)21(49,50)23(53,54)55)4(6(26)8(28)7(5)27)10(60)62-2-12(31,32)14(35,36)16(39,40)18(43,44)20(47,48)22(51,52)24(56,57)58/h1-2H2. The molecule has 362 valence electrons. The van der Waals surface area contributed by atoms with Crippen LogP contribution in [0, 0.1) is 0 Å². The molecule has 4 nitrogen and oxygen atoms in total. The van der Waals surface area contributed by atoms with Crippen LogP contribution < -0.4 is 0 Å². The molecule has 0 bridgehead atoms. The van der Waals surface area contributed by atoms with Gasteiger partial charge in [0.05, 0.1) is 31.2 Å². The number of carbonyl (C=O) groups is 2. The van der Waals surface area contributed by atoms with Crippen molar-refractivity contribution in [1.29, 1.82) is 0 Å². The molecule has 38 heteroatoms. The zero-order valence-electron chi connectivity index (χ0n) is 26.9. The molecule has 0 saturated heterocycles. The molecular weight excluding hydrogens is 1060 g/mol. The number of halogens is 34. The zero-order chi connectivity index (χ0) is 50.4. The predicted molar refractivity (Wildman–Crippen MR) is 139 cm³/mol. The highest BCUT2D eigenvalue weighted by Crippen LogP contribution is 2.64. The molecule has 0 atom stereocenters. The average molecular weight is 1070 g/mol. The molecule has 0 N–H and O–H groups in total. The van der Waals surface area contributed by atoms with Gasteiger partial charge in [0.1, 0.15) is 0 Å². The van der Waals surface area contributed by atoms with E-state index in [9.17, 15) is 141 Å². The molecule has 0 amide bonds. The fourth-order valence-electron chi connectivity index (χ4n) is 3.65. The fraction of sp³-hybridized carbons (Fsp3) is 0.667. The molecule has 1 aromatic rings. The van der Waals surface area contributed by atoms with Gasteiger partial charge >= 0.3 is 95.4 Å². The van der Waals surface area contributed by atoms with E-state index in [0.717, 1.165) is 0 Å². The summed E-state index contributed by atoms with van der Waals surface area (Å²) in [5.41, 5.74) is -5.02. The van der Waals surface area contributed by atoms with Crippen LogP contribution in [-0.4, -0.2) is 109 Å². The van der Waals surface area contributed by atoms with E-state index in [-0.39, 0.29) is 0 Å². The van der Waals surface area contributed by atoms with E-state index in [0.29, 0.717) is 0 Å². The van der Waals surface area contributed by atoms with Crippen molar-refractivity contribution in [2.24, 2.45) is 0 Å². The molecule has 0 aliphatic rings. The molecule has 0 aromatic heterocycles. The highest BCUT2D eigenvalue weighted by Gasteiger charge is 2.95. The largest absolute Gasteiger partial charge is 0.460 e. The van der Waals surface area contributed by atoms with Crippen LogP contribution >= 0.6 is 46.4 Å². The normalized spacial score (nSPS) is 15.5. The zero-order valence-corrected chi connectivity index (χ0v) is 29.9. The van der Waals surface area contributed by atoms with Crippen LogP contribution in [0.1, 0.15) is 20.7 Å². The van der Waals surface area contributed by atoms with Crippen molar-refractivity contribution in [2.45, 2.75) is 83.4 Å². The van der Waals surface area contributed by atoms with Gasteiger partial charge < -0.3 is 9.47 Å². The lowest BCUT2D eigenvalue weighted by Crippen LogP contribution is -2.73.